The van der Waals surface area contributed by atoms with Gasteiger partial charge < -0.3 is 15.0 Å². The molecule has 0 bridgehead atoms. The quantitative estimate of drug-likeness (QED) is 0.156. The minimum atomic E-state index is -0.365. The summed E-state index contributed by atoms with van der Waals surface area (Å²) in [7, 11) is 1.38. The molecule has 1 heterocycles. The van der Waals surface area contributed by atoms with Crippen molar-refractivity contribution in [2.24, 2.45) is 0 Å². The summed E-state index contributed by atoms with van der Waals surface area (Å²) in [6.45, 7) is 5.42. The maximum atomic E-state index is 11.5. The summed E-state index contributed by atoms with van der Waals surface area (Å²) in [5, 5.41) is 4.12. The van der Waals surface area contributed by atoms with Crippen molar-refractivity contribution in [2.75, 3.05) is 19.0 Å². The number of para-hydroxylation sites is 1. The Morgan fingerprint density at radius 2 is 1.77 bits per heavy atom. The number of H-pyrrole nitrogens is 1. The summed E-state index contributed by atoms with van der Waals surface area (Å²) in [6.07, 6.45) is 8.35. The van der Waals surface area contributed by atoms with Crippen LogP contribution in [0.1, 0.15) is 55.0 Å². The number of ether oxygens (including phenoxy) is 1. The van der Waals surface area contributed by atoms with Crippen molar-refractivity contribution in [3.63, 3.8) is 0 Å². The van der Waals surface area contributed by atoms with Gasteiger partial charge in [-0.3, -0.25) is 9.69 Å². The zero-order valence-corrected chi connectivity index (χ0v) is 22.9. The molecule has 0 aliphatic rings. The molecule has 202 valence electrons. The molecule has 6 heteroatoms. The normalized spacial score (nSPS) is 12.2. The maximum absolute atomic E-state index is 11.5. The summed E-state index contributed by atoms with van der Waals surface area (Å²) in [5.41, 5.74) is 6.68. The molecule has 0 saturated heterocycles. The van der Waals surface area contributed by atoms with E-state index < -0.39 is 0 Å². The fourth-order valence-corrected chi connectivity index (χ4v) is 4.97. The number of hydrogen-bond donors (Lipinski definition) is 2. The van der Waals surface area contributed by atoms with Crippen LogP contribution in [0.15, 0.2) is 85.1 Å². The van der Waals surface area contributed by atoms with Crippen LogP contribution in [0.5, 0.6) is 0 Å². The number of carbonyl (C=O) groups excluding carboxylic acids is 2. The lowest BCUT2D eigenvalue weighted by atomic mass is 9.97. The molecule has 0 spiro atoms. The first-order valence-electron chi connectivity index (χ1n) is 13.5. The lowest BCUT2D eigenvalue weighted by Crippen LogP contribution is -2.30. The van der Waals surface area contributed by atoms with E-state index in [1.807, 2.05) is 12.1 Å². The number of hydrogen-bond acceptors (Lipinski definition) is 4. The Morgan fingerprint density at radius 3 is 2.46 bits per heavy atom. The Morgan fingerprint density at radius 1 is 1.03 bits per heavy atom. The van der Waals surface area contributed by atoms with Crippen LogP contribution < -0.4 is 5.32 Å². The van der Waals surface area contributed by atoms with Gasteiger partial charge in [0.2, 0.25) is 5.91 Å². The Balaban J connectivity index is 1.59. The van der Waals surface area contributed by atoms with Crippen LogP contribution in [0.3, 0.4) is 0 Å². The molecule has 39 heavy (non-hydrogen) atoms. The molecule has 1 atom stereocenters. The van der Waals surface area contributed by atoms with Gasteiger partial charge in [0.25, 0.3) is 0 Å². The highest BCUT2D eigenvalue weighted by Gasteiger charge is 2.21. The standard InChI is InChI=1S/C33H37N3O3/c1-4-7-32(27-15-10-25(11-16-27)14-19-33(38)39-3)36(23-26-12-17-29(18-13-26)35-24(2)37)21-20-28-22-34-31-9-6-5-8-30(28)31/h5-6,8-19,22,32,34H,4,7,20-21,23H2,1-3H3,(H,35,37)/b19-14+. The van der Waals surface area contributed by atoms with Crippen molar-refractivity contribution in [1.29, 1.82) is 0 Å². The van der Waals surface area contributed by atoms with E-state index >= 15 is 0 Å². The van der Waals surface area contributed by atoms with Crippen molar-refractivity contribution in [1.82, 2.24) is 9.88 Å². The number of anilines is 1. The summed E-state index contributed by atoms with van der Waals surface area (Å²) in [5.74, 6) is -0.438. The van der Waals surface area contributed by atoms with Gasteiger partial charge in [0.15, 0.2) is 0 Å². The number of aromatic amines is 1. The largest absolute Gasteiger partial charge is 0.466 e. The molecule has 1 aromatic heterocycles. The van der Waals surface area contributed by atoms with Crippen molar-refractivity contribution in [3.8, 4) is 0 Å². The second kappa shape index (κ2) is 13.6. The third-order valence-corrected chi connectivity index (χ3v) is 6.94. The Labute approximate surface area is 230 Å². The predicted molar refractivity (Wildman–Crippen MR) is 158 cm³/mol. The second-order valence-corrected chi connectivity index (χ2v) is 9.79. The number of nitrogens with one attached hydrogen (secondary N) is 2. The van der Waals surface area contributed by atoms with Crippen LogP contribution in [0.4, 0.5) is 5.69 Å². The molecule has 1 unspecified atom stereocenters. The first-order chi connectivity index (χ1) is 19.0. The molecule has 0 aliphatic carbocycles. The molecule has 6 nitrogen and oxygen atoms in total. The first-order valence-corrected chi connectivity index (χ1v) is 13.5. The van der Waals surface area contributed by atoms with Crippen molar-refractivity contribution in [2.45, 2.75) is 45.7 Å². The number of esters is 1. The minimum absolute atomic E-state index is 0.0732. The van der Waals surface area contributed by atoms with E-state index in [0.29, 0.717) is 0 Å². The SMILES string of the molecule is CCCC(c1ccc(/C=C/C(=O)OC)cc1)N(CCc1c[nH]c2ccccc12)Cc1ccc(NC(C)=O)cc1. The summed E-state index contributed by atoms with van der Waals surface area (Å²) in [6, 6.07) is 25.2. The number of benzene rings is 3. The monoisotopic (exact) mass is 523 g/mol. The van der Waals surface area contributed by atoms with E-state index in [1.54, 1.807) is 6.08 Å². The molecule has 0 fully saturated rings. The fraction of sp³-hybridized carbons (Fsp3) is 0.273. The molecule has 2 N–H and O–H groups in total. The van der Waals surface area contributed by atoms with E-state index in [0.717, 1.165) is 49.1 Å². The van der Waals surface area contributed by atoms with Crippen LogP contribution >= 0.6 is 0 Å². The molecule has 1 amide bonds. The number of nitrogens with zero attached hydrogens (tertiary/aromatic N) is 1. The fourth-order valence-electron chi connectivity index (χ4n) is 4.97. The number of methoxy groups -OCH3 is 1. The highest BCUT2D eigenvalue weighted by atomic mass is 16.5. The van der Waals surface area contributed by atoms with E-state index in [1.165, 1.54) is 42.2 Å². The van der Waals surface area contributed by atoms with Crippen molar-refractivity contribution in [3.05, 3.63) is 107 Å². The maximum Gasteiger partial charge on any atom is 0.330 e. The number of carbonyl (C=O) groups is 2. The van der Waals surface area contributed by atoms with Gasteiger partial charge in [-0.1, -0.05) is 67.9 Å². The number of rotatable bonds is 12. The Hall–Kier alpha value is -4.16. The van der Waals surface area contributed by atoms with Gasteiger partial charge in [0, 0.05) is 54.9 Å². The van der Waals surface area contributed by atoms with Gasteiger partial charge in [-0.15, -0.1) is 0 Å². The Kier molecular flexibility index (Phi) is 9.70. The van der Waals surface area contributed by atoms with Gasteiger partial charge in [0.05, 0.1) is 7.11 Å². The summed E-state index contributed by atoms with van der Waals surface area (Å²) >= 11 is 0. The number of aromatic nitrogens is 1. The Bertz CT molecular complexity index is 1400. The van der Waals surface area contributed by atoms with Crippen LogP contribution in [-0.2, 0) is 27.3 Å². The zero-order valence-electron chi connectivity index (χ0n) is 22.9. The van der Waals surface area contributed by atoms with Gasteiger partial charge >= 0.3 is 5.97 Å². The summed E-state index contributed by atoms with van der Waals surface area (Å²) < 4.78 is 4.71. The van der Waals surface area contributed by atoms with Gasteiger partial charge in [0.1, 0.15) is 0 Å². The third-order valence-electron chi connectivity index (χ3n) is 6.94. The van der Waals surface area contributed by atoms with Crippen LogP contribution in [0.2, 0.25) is 0 Å². The van der Waals surface area contributed by atoms with Crippen molar-refractivity contribution < 1.29 is 14.3 Å². The lowest BCUT2D eigenvalue weighted by Gasteiger charge is -2.32. The van der Waals surface area contributed by atoms with Gasteiger partial charge in [-0.05, 0) is 59.4 Å². The topological polar surface area (TPSA) is 74.4 Å². The second-order valence-electron chi connectivity index (χ2n) is 9.79. The number of amides is 1. The van der Waals surface area contributed by atoms with Gasteiger partial charge in [-0.2, -0.15) is 0 Å². The molecule has 4 rings (SSSR count). The highest BCUT2D eigenvalue weighted by molar-refractivity contribution is 5.88. The molecule has 0 saturated carbocycles. The smallest absolute Gasteiger partial charge is 0.330 e. The predicted octanol–water partition coefficient (Wildman–Crippen LogP) is 6.90. The molecule has 0 aliphatic heterocycles. The average Bonchev–Trinajstić information content (AvgIpc) is 3.37. The van der Waals surface area contributed by atoms with E-state index in [-0.39, 0.29) is 17.9 Å². The van der Waals surface area contributed by atoms with E-state index in [4.69, 9.17) is 4.74 Å². The van der Waals surface area contributed by atoms with Crippen molar-refractivity contribution >= 4 is 34.5 Å². The van der Waals surface area contributed by atoms with Crippen LogP contribution in [-0.4, -0.2) is 35.4 Å². The molecule has 4 aromatic rings. The molecule has 0 radical (unpaired) electrons. The van der Waals surface area contributed by atoms with E-state index in [2.05, 4.69) is 89.0 Å². The van der Waals surface area contributed by atoms with Gasteiger partial charge in [-0.25, -0.2) is 4.79 Å². The average molecular weight is 524 g/mol. The third kappa shape index (κ3) is 7.68. The van der Waals surface area contributed by atoms with E-state index in [9.17, 15) is 9.59 Å². The highest BCUT2D eigenvalue weighted by Crippen LogP contribution is 2.29. The zero-order chi connectivity index (χ0) is 27.6. The number of fused-ring (bicyclic) bond motifs is 1. The molecule has 3 aromatic carbocycles. The molecular formula is C33H37N3O3. The summed E-state index contributed by atoms with van der Waals surface area (Å²) in [4.78, 5) is 28.9. The lowest BCUT2D eigenvalue weighted by molar-refractivity contribution is -0.134. The molecular weight excluding hydrogens is 486 g/mol. The minimum Gasteiger partial charge on any atom is -0.466 e. The van der Waals surface area contributed by atoms with Crippen LogP contribution in [0.25, 0.3) is 17.0 Å². The first kappa shape index (κ1) is 27.9. The van der Waals surface area contributed by atoms with Crippen LogP contribution in [0, 0.1) is 0 Å².